The van der Waals surface area contributed by atoms with Crippen LogP contribution in [0.3, 0.4) is 0 Å². The highest BCUT2D eigenvalue weighted by atomic mass is 16.5. The first-order valence-corrected chi connectivity index (χ1v) is 7.49. The SMILES string of the molecule is CCOC(=O)[C@H](CC)N[C@H](c1ccccc1C)C(C)C. The Balaban J connectivity index is 2.92. The Morgan fingerprint density at radius 3 is 2.40 bits per heavy atom. The molecule has 2 atom stereocenters. The molecule has 0 bridgehead atoms. The first kappa shape index (κ1) is 16.7. The quantitative estimate of drug-likeness (QED) is 0.774. The summed E-state index contributed by atoms with van der Waals surface area (Å²) in [5.74, 6) is 0.244. The summed E-state index contributed by atoms with van der Waals surface area (Å²) >= 11 is 0. The minimum atomic E-state index is -0.248. The van der Waals surface area contributed by atoms with E-state index in [1.807, 2.05) is 26.0 Å². The van der Waals surface area contributed by atoms with Gasteiger partial charge in [-0.3, -0.25) is 10.1 Å². The summed E-state index contributed by atoms with van der Waals surface area (Å²) in [6, 6.07) is 8.24. The summed E-state index contributed by atoms with van der Waals surface area (Å²) in [4.78, 5) is 12.0. The smallest absolute Gasteiger partial charge is 0.323 e. The van der Waals surface area contributed by atoms with E-state index < -0.39 is 0 Å². The van der Waals surface area contributed by atoms with E-state index in [0.29, 0.717) is 12.5 Å². The van der Waals surface area contributed by atoms with E-state index in [2.05, 4.69) is 38.2 Å². The van der Waals surface area contributed by atoms with Gasteiger partial charge in [-0.25, -0.2) is 0 Å². The van der Waals surface area contributed by atoms with Gasteiger partial charge in [-0.1, -0.05) is 45.0 Å². The highest BCUT2D eigenvalue weighted by Crippen LogP contribution is 2.25. The monoisotopic (exact) mass is 277 g/mol. The molecule has 0 saturated heterocycles. The summed E-state index contributed by atoms with van der Waals surface area (Å²) in [6.07, 6.45) is 0.730. The first-order valence-electron chi connectivity index (χ1n) is 7.49. The van der Waals surface area contributed by atoms with Gasteiger partial charge >= 0.3 is 5.97 Å². The molecule has 1 rings (SSSR count). The van der Waals surface area contributed by atoms with Gasteiger partial charge in [-0.2, -0.15) is 0 Å². The Hall–Kier alpha value is -1.35. The van der Waals surface area contributed by atoms with Crippen LogP contribution in [0, 0.1) is 12.8 Å². The molecule has 3 nitrogen and oxygen atoms in total. The lowest BCUT2D eigenvalue weighted by molar-refractivity contribution is -0.146. The molecule has 1 aromatic rings. The van der Waals surface area contributed by atoms with Crippen molar-refractivity contribution in [2.24, 2.45) is 5.92 Å². The Morgan fingerprint density at radius 2 is 1.90 bits per heavy atom. The molecule has 20 heavy (non-hydrogen) atoms. The van der Waals surface area contributed by atoms with E-state index in [-0.39, 0.29) is 18.1 Å². The van der Waals surface area contributed by atoms with E-state index in [4.69, 9.17) is 4.74 Å². The zero-order chi connectivity index (χ0) is 15.1. The molecule has 0 aromatic heterocycles. The summed E-state index contributed by atoms with van der Waals surface area (Å²) in [6.45, 7) is 10.7. The van der Waals surface area contributed by atoms with Gasteiger partial charge in [0, 0.05) is 6.04 Å². The number of rotatable bonds is 7. The fourth-order valence-electron chi connectivity index (χ4n) is 2.39. The van der Waals surface area contributed by atoms with Crippen LogP contribution in [0.15, 0.2) is 24.3 Å². The highest BCUT2D eigenvalue weighted by Gasteiger charge is 2.25. The molecule has 0 heterocycles. The Morgan fingerprint density at radius 1 is 1.25 bits per heavy atom. The molecule has 1 aromatic carbocycles. The molecule has 112 valence electrons. The lowest BCUT2D eigenvalue weighted by Crippen LogP contribution is -2.41. The lowest BCUT2D eigenvalue weighted by Gasteiger charge is -2.28. The third-order valence-corrected chi connectivity index (χ3v) is 3.55. The molecule has 0 aliphatic carbocycles. The van der Waals surface area contributed by atoms with Gasteiger partial charge in [0.15, 0.2) is 0 Å². The molecule has 0 fully saturated rings. The number of hydrogen-bond acceptors (Lipinski definition) is 3. The normalized spacial score (nSPS) is 14.1. The average molecular weight is 277 g/mol. The van der Waals surface area contributed by atoms with Crippen molar-refractivity contribution in [2.75, 3.05) is 6.61 Å². The molecule has 0 aliphatic heterocycles. The van der Waals surface area contributed by atoms with Crippen molar-refractivity contribution in [3.8, 4) is 0 Å². The Labute approximate surface area is 122 Å². The molecule has 3 heteroatoms. The number of nitrogens with one attached hydrogen (secondary N) is 1. The summed E-state index contributed by atoms with van der Waals surface area (Å²) in [5.41, 5.74) is 2.50. The summed E-state index contributed by atoms with van der Waals surface area (Å²) in [5, 5.41) is 3.47. The molecular weight excluding hydrogens is 250 g/mol. The van der Waals surface area contributed by atoms with Crippen molar-refractivity contribution in [1.82, 2.24) is 5.32 Å². The molecule has 0 spiro atoms. The fourth-order valence-corrected chi connectivity index (χ4v) is 2.39. The Bertz CT molecular complexity index is 429. The largest absolute Gasteiger partial charge is 0.465 e. The van der Waals surface area contributed by atoms with Crippen LogP contribution in [0.25, 0.3) is 0 Å². The van der Waals surface area contributed by atoms with E-state index in [0.717, 1.165) is 6.42 Å². The third-order valence-electron chi connectivity index (χ3n) is 3.55. The van der Waals surface area contributed by atoms with Gasteiger partial charge < -0.3 is 4.74 Å². The minimum absolute atomic E-state index is 0.158. The molecule has 0 radical (unpaired) electrons. The molecular formula is C17H27NO2. The van der Waals surface area contributed by atoms with Crippen molar-refractivity contribution < 1.29 is 9.53 Å². The van der Waals surface area contributed by atoms with E-state index >= 15 is 0 Å². The summed E-state index contributed by atoms with van der Waals surface area (Å²) < 4.78 is 5.14. The number of carbonyl (C=O) groups excluding carboxylic acids is 1. The lowest BCUT2D eigenvalue weighted by atomic mass is 9.92. The molecule has 0 aliphatic rings. The van der Waals surface area contributed by atoms with Gasteiger partial charge in [0.1, 0.15) is 6.04 Å². The van der Waals surface area contributed by atoms with Crippen LogP contribution in [-0.4, -0.2) is 18.6 Å². The van der Waals surface area contributed by atoms with Crippen molar-refractivity contribution >= 4 is 5.97 Å². The second-order valence-electron chi connectivity index (χ2n) is 5.46. The van der Waals surface area contributed by atoms with Crippen LogP contribution < -0.4 is 5.32 Å². The molecule has 0 saturated carbocycles. The maximum atomic E-state index is 12.0. The highest BCUT2D eigenvalue weighted by molar-refractivity contribution is 5.75. The average Bonchev–Trinajstić information content (AvgIpc) is 2.41. The van der Waals surface area contributed by atoms with Crippen molar-refractivity contribution in [3.05, 3.63) is 35.4 Å². The number of hydrogen-bond donors (Lipinski definition) is 1. The summed E-state index contributed by atoms with van der Waals surface area (Å²) in [7, 11) is 0. The van der Waals surface area contributed by atoms with Crippen molar-refractivity contribution in [3.63, 3.8) is 0 Å². The molecule has 1 N–H and O–H groups in total. The van der Waals surface area contributed by atoms with Crippen LogP contribution in [0.2, 0.25) is 0 Å². The zero-order valence-electron chi connectivity index (χ0n) is 13.3. The fraction of sp³-hybridized carbons (Fsp3) is 0.588. The van der Waals surface area contributed by atoms with E-state index in [9.17, 15) is 4.79 Å². The number of carbonyl (C=O) groups is 1. The number of aryl methyl sites for hydroxylation is 1. The predicted octanol–water partition coefficient (Wildman–Crippen LogP) is 3.62. The van der Waals surface area contributed by atoms with Crippen LogP contribution in [0.4, 0.5) is 0 Å². The van der Waals surface area contributed by atoms with Crippen LogP contribution >= 0.6 is 0 Å². The zero-order valence-corrected chi connectivity index (χ0v) is 13.3. The van der Waals surface area contributed by atoms with E-state index in [1.165, 1.54) is 11.1 Å². The number of esters is 1. The predicted molar refractivity (Wildman–Crippen MR) is 82.6 cm³/mol. The first-order chi connectivity index (χ1) is 9.51. The van der Waals surface area contributed by atoms with Crippen molar-refractivity contribution in [1.29, 1.82) is 0 Å². The second kappa shape index (κ2) is 8.05. The van der Waals surface area contributed by atoms with Gasteiger partial charge in [0.05, 0.1) is 6.61 Å². The van der Waals surface area contributed by atoms with Gasteiger partial charge in [-0.15, -0.1) is 0 Å². The number of benzene rings is 1. The number of ether oxygens (including phenoxy) is 1. The minimum Gasteiger partial charge on any atom is -0.465 e. The van der Waals surface area contributed by atoms with Crippen molar-refractivity contribution in [2.45, 2.75) is 53.1 Å². The maximum Gasteiger partial charge on any atom is 0.323 e. The van der Waals surface area contributed by atoms with Crippen LogP contribution in [-0.2, 0) is 9.53 Å². The van der Waals surface area contributed by atoms with Crippen LogP contribution in [0.5, 0.6) is 0 Å². The standard InChI is InChI=1S/C17H27NO2/c1-6-15(17(19)20-7-2)18-16(12(3)4)14-11-9-8-10-13(14)5/h8-12,15-16,18H,6-7H2,1-5H3/t15-,16-/m0/s1. The van der Waals surface area contributed by atoms with E-state index in [1.54, 1.807) is 0 Å². The van der Waals surface area contributed by atoms with Crippen LogP contribution in [0.1, 0.15) is 51.3 Å². The Kier molecular flexibility index (Phi) is 6.73. The molecule has 0 unspecified atom stereocenters. The molecule has 0 amide bonds. The van der Waals surface area contributed by atoms with Gasteiger partial charge in [0.25, 0.3) is 0 Å². The second-order valence-corrected chi connectivity index (χ2v) is 5.46. The van der Waals surface area contributed by atoms with Gasteiger partial charge in [0.2, 0.25) is 0 Å². The third kappa shape index (κ3) is 4.34. The topological polar surface area (TPSA) is 38.3 Å². The maximum absolute atomic E-state index is 12.0. The van der Waals surface area contributed by atoms with Gasteiger partial charge in [-0.05, 0) is 37.3 Å².